The van der Waals surface area contributed by atoms with E-state index < -0.39 is 0 Å². The molecule has 3 heteroatoms. The van der Waals surface area contributed by atoms with Gasteiger partial charge in [-0.1, -0.05) is 27.7 Å². The van der Waals surface area contributed by atoms with Crippen LogP contribution in [0, 0.1) is 28.1 Å². The lowest BCUT2D eigenvalue weighted by atomic mass is 10.0. The summed E-state index contributed by atoms with van der Waals surface area (Å²) in [5.74, 6) is 0.364. The van der Waals surface area contributed by atoms with Crippen LogP contribution in [0.1, 0.15) is 34.1 Å². The van der Waals surface area contributed by atoms with Crippen molar-refractivity contribution in [1.82, 2.24) is 5.32 Å². The van der Waals surface area contributed by atoms with Gasteiger partial charge in [-0.2, -0.15) is 5.26 Å². The molecule has 0 spiro atoms. The second-order valence-electron chi connectivity index (χ2n) is 5.13. The molecule has 0 aromatic heterocycles. The highest BCUT2D eigenvalue weighted by Gasteiger charge is 2.64. The Morgan fingerprint density at radius 2 is 1.86 bits per heavy atom. The zero-order valence-corrected chi connectivity index (χ0v) is 9.35. The van der Waals surface area contributed by atoms with E-state index in [4.69, 9.17) is 5.26 Å². The lowest BCUT2D eigenvalue weighted by Gasteiger charge is -2.04. The molecule has 1 saturated carbocycles. The third-order valence-corrected chi connectivity index (χ3v) is 4.06. The van der Waals surface area contributed by atoms with Gasteiger partial charge in [0.15, 0.2) is 0 Å². The molecule has 0 radical (unpaired) electrons. The van der Waals surface area contributed by atoms with E-state index in [0.717, 1.165) is 0 Å². The van der Waals surface area contributed by atoms with Gasteiger partial charge < -0.3 is 5.32 Å². The fraction of sp³-hybridized carbons (Fsp3) is 0.818. The fourth-order valence-corrected chi connectivity index (χ4v) is 2.19. The molecule has 1 N–H and O–H groups in total. The Kier molecular flexibility index (Phi) is 2.58. The monoisotopic (exact) mass is 194 g/mol. The van der Waals surface area contributed by atoms with Gasteiger partial charge in [-0.3, -0.25) is 4.79 Å². The van der Waals surface area contributed by atoms with Crippen LogP contribution in [0.2, 0.25) is 0 Å². The van der Waals surface area contributed by atoms with Crippen molar-refractivity contribution in [1.29, 1.82) is 5.26 Å². The molecule has 0 aromatic carbocycles. The van der Waals surface area contributed by atoms with E-state index >= 15 is 0 Å². The maximum Gasteiger partial charge on any atom is 0.234 e. The minimum atomic E-state index is -0.161. The van der Waals surface area contributed by atoms with E-state index in [-0.39, 0.29) is 12.3 Å². The van der Waals surface area contributed by atoms with Gasteiger partial charge in [-0.15, -0.1) is 0 Å². The Morgan fingerprint density at radius 1 is 1.36 bits per heavy atom. The molecular weight excluding hydrogens is 176 g/mol. The van der Waals surface area contributed by atoms with Crippen molar-refractivity contribution >= 4 is 5.91 Å². The molecule has 0 aliphatic heterocycles. The summed E-state index contributed by atoms with van der Waals surface area (Å²) in [7, 11) is 0. The average molecular weight is 194 g/mol. The lowest BCUT2D eigenvalue weighted by molar-refractivity contribution is -0.120. The summed E-state index contributed by atoms with van der Waals surface area (Å²) in [4.78, 5) is 11.1. The molecule has 78 valence electrons. The highest BCUT2D eigenvalue weighted by Crippen LogP contribution is 2.67. The number of carbonyl (C=O) groups is 1. The zero-order chi connectivity index (χ0) is 11.0. The van der Waals surface area contributed by atoms with Crippen LogP contribution in [0.25, 0.3) is 0 Å². The highest BCUT2D eigenvalue weighted by molar-refractivity contribution is 5.78. The minimum Gasteiger partial charge on any atom is -0.355 e. The van der Waals surface area contributed by atoms with Crippen LogP contribution in [0.3, 0.4) is 0 Å². The summed E-state index contributed by atoms with van der Waals surface area (Å²) >= 11 is 0. The lowest BCUT2D eigenvalue weighted by Crippen LogP contribution is -2.26. The third kappa shape index (κ3) is 1.61. The summed E-state index contributed by atoms with van der Waals surface area (Å²) in [6, 6.07) is 1.84. The quantitative estimate of drug-likeness (QED) is 0.743. The number of hydrogen-bond donors (Lipinski definition) is 1. The largest absolute Gasteiger partial charge is 0.355 e. The molecule has 1 fully saturated rings. The van der Waals surface area contributed by atoms with Crippen LogP contribution in [0.4, 0.5) is 0 Å². The van der Waals surface area contributed by atoms with Crippen LogP contribution >= 0.6 is 0 Å². The van der Waals surface area contributed by atoms with Gasteiger partial charge in [0.25, 0.3) is 0 Å². The van der Waals surface area contributed by atoms with Crippen LogP contribution in [-0.4, -0.2) is 12.5 Å². The molecule has 0 unspecified atom stereocenters. The molecule has 0 heterocycles. The number of nitriles is 1. The van der Waals surface area contributed by atoms with Gasteiger partial charge >= 0.3 is 0 Å². The van der Waals surface area contributed by atoms with Gasteiger partial charge in [0.2, 0.25) is 5.91 Å². The van der Waals surface area contributed by atoms with Crippen molar-refractivity contribution in [3.63, 3.8) is 0 Å². The molecule has 0 saturated heterocycles. The summed E-state index contributed by atoms with van der Waals surface area (Å²) in [6.45, 7) is 9.56. The molecule has 0 atom stereocenters. The van der Waals surface area contributed by atoms with Crippen LogP contribution in [0.5, 0.6) is 0 Å². The molecule has 0 aromatic rings. The zero-order valence-electron chi connectivity index (χ0n) is 9.35. The minimum absolute atomic E-state index is 0.0341. The number of nitrogens with one attached hydrogen (secondary N) is 1. The number of carbonyl (C=O) groups excluding carboxylic acids is 1. The van der Waals surface area contributed by atoms with Crippen LogP contribution in [-0.2, 0) is 4.79 Å². The molecular formula is C11H18N2O. The Hall–Kier alpha value is -1.04. The first-order valence-electron chi connectivity index (χ1n) is 4.97. The van der Waals surface area contributed by atoms with Crippen molar-refractivity contribution in [2.24, 2.45) is 16.7 Å². The van der Waals surface area contributed by atoms with E-state index in [1.54, 1.807) is 0 Å². The van der Waals surface area contributed by atoms with Gasteiger partial charge in [-0.25, -0.2) is 0 Å². The normalized spacial score (nSPS) is 22.5. The molecule has 14 heavy (non-hydrogen) atoms. The summed E-state index contributed by atoms with van der Waals surface area (Å²) < 4.78 is 0. The Balaban J connectivity index is 2.36. The average Bonchev–Trinajstić information content (AvgIpc) is 2.41. The number of rotatable bonds is 3. The summed E-state index contributed by atoms with van der Waals surface area (Å²) in [6.07, 6.45) is -0.0341. The Labute approximate surface area is 85.5 Å². The number of hydrogen-bond acceptors (Lipinski definition) is 2. The van der Waals surface area contributed by atoms with Crippen LogP contribution < -0.4 is 5.32 Å². The van der Waals surface area contributed by atoms with E-state index in [1.807, 2.05) is 6.07 Å². The predicted octanol–water partition coefficient (Wildman–Crippen LogP) is 1.70. The molecule has 0 bridgehead atoms. The molecule has 1 aliphatic carbocycles. The molecule has 1 amide bonds. The van der Waals surface area contributed by atoms with Gasteiger partial charge in [0.1, 0.15) is 6.42 Å². The first-order valence-corrected chi connectivity index (χ1v) is 4.97. The highest BCUT2D eigenvalue weighted by atomic mass is 16.1. The third-order valence-electron chi connectivity index (χ3n) is 4.06. The second-order valence-corrected chi connectivity index (χ2v) is 5.13. The van der Waals surface area contributed by atoms with E-state index in [1.165, 1.54) is 0 Å². The standard InChI is InChI=1S/C11H18N2O/c1-10(2)8(11(10,3)4)7-13-9(14)5-6-12/h8H,5,7H2,1-4H3,(H,13,14). The maximum absolute atomic E-state index is 11.1. The maximum atomic E-state index is 11.1. The molecule has 1 rings (SSSR count). The van der Waals surface area contributed by atoms with E-state index in [9.17, 15) is 4.79 Å². The van der Waals surface area contributed by atoms with Gasteiger partial charge in [-0.05, 0) is 16.7 Å². The number of nitrogens with zero attached hydrogens (tertiary/aromatic N) is 1. The molecule has 3 nitrogen and oxygen atoms in total. The summed E-state index contributed by atoms with van der Waals surface area (Å²) in [5.41, 5.74) is 0.597. The summed E-state index contributed by atoms with van der Waals surface area (Å²) in [5, 5.41) is 11.1. The topological polar surface area (TPSA) is 52.9 Å². The van der Waals surface area contributed by atoms with Crippen molar-refractivity contribution in [2.75, 3.05) is 6.54 Å². The number of amides is 1. The van der Waals surface area contributed by atoms with Crippen molar-refractivity contribution < 1.29 is 4.79 Å². The first kappa shape index (κ1) is 11.0. The van der Waals surface area contributed by atoms with Gasteiger partial charge in [0, 0.05) is 6.54 Å². The van der Waals surface area contributed by atoms with Crippen molar-refractivity contribution in [2.45, 2.75) is 34.1 Å². The van der Waals surface area contributed by atoms with Gasteiger partial charge in [0.05, 0.1) is 6.07 Å². The predicted molar refractivity (Wildman–Crippen MR) is 54.3 cm³/mol. The van der Waals surface area contributed by atoms with Crippen molar-refractivity contribution in [3.8, 4) is 6.07 Å². The van der Waals surface area contributed by atoms with E-state index in [2.05, 4.69) is 33.0 Å². The smallest absolute Gasteiger partial charge is 0.234 e. The fourth-order valence-electron chi connectivity index (χ4n) is 2.19. The van der Waals surface area contributed by atoms with E-state index in [0.29, 0.717) is 23.3 Å². The SMILES string of the molecule is CC1(C)C(CNC(=O)CC#N)C1(C)C. The Morgan fingerprint density at radius 3 is 2.21 bits per heavy atom. The van der Waals surface area contributed by atoms with Crippen LogP contribution in [0.15, 0.2) is 0 Å². The molecule has 1 aliphatic rings. The van der Waals surface area contributed by atoms with Crippen molar-refractivity contribution in [3.05, 3.63) is 0 Å². The second kappa shape index (κ2) is 3.27. The first-order chi connectivity index (χ1) is 6.34. The Bertz CT molecular complexity index is 272.